The minimum absolute atomic E-state index is 0.0373. The van der Waals surface area contributed by atoms with E-state index in [1.807, 2.05) is 0 Å². The van der Waals surface area contributed by atoms with Crippen molar-refractivity contribution in [3.8, 4) is 0 Å². The number of unbranched alkanes of at least 4 members (excludes halogenated alkanes) is 7. The van der Waals surface area contributed by atoms with Crippen molar-refractivity contribution in [1.29, 1.82) is 0 Å². The van der Waals surface area contributed by atoms with Gasteiger partial charge in [0.2, 0.25) is 0 Å². The highest BCUT2D eigenvalue weighted by Gasteiger charge is 2.26. The van der Waals surface area contributed by atoms with Crippen molar-refractivity contribution in [1.82, 2.24) is 5.32 Å². The summed E-state index contributed by atoms with van der Waals surface area (Å²) in [5, 5.41) is 3.65. The zero-order chi connectivity index (χ0) is 21.3. The van der Waals surface area contributed by atoms with Crippen LogP contribution in [-0.2, 0) is 11.2 Å². The number of hydrogen-bond acceptors (Lipinski definition) is 2. The Hall–Kier alpha value is -0.420. The van der Waals surface area contributed by atoms with Gasteiger partial charge < -0.3 is 5.32 Å². The predicted octanol–water partition coefficient (Wildman–Crippen LogP) is 7.72. The fraction of sp³-hybridized carbons (Fsp3) is 0.731. The van der Waals surface area contributed by atoms with Crippen LogP contribution in [0, 0.1) is 9.49 Å². The van der Waals surface area contributed by atoms with Crippen molar-refractivity contribution in [3.05, 3.63) is 33.4 Å². The maximum atomic E-state index is 13.5. The summed E-state index contributed by atoms with van der Waals surface area (Å²) < 4.78 is 1.25. The average molecular weight is 514 g/mol. The van der Waals surface area contributed by atoms with Gasteiger partial charge in [0, 0.05) is 9.49 Å². The highest BCUT2D eigenvalue weighted by atomic mass is 127. The zero-order valence-corrected chi connectivity index (χ0v) is 21.3. The van der Waals surface area contributed by atoms with E-state index in [4.69, 9.17) is 0 Å². The summed E-state index contributed by atoms with van der Waals surface area (Å²) in [7, 11) is 0. The maximum absolute atomic E-state index is 13.5. The lowest BCUT2D eigenvalue weighted by Gasteiger charge is -2.24. The lowest BCUT2D eigenvalue weighted by Crippen LogP contribution is -2.42. The van der Waals surface area contributed by atoms with E-state index >= 15 is 0 Å². The smallest absolute Gasteiger partial charge is 0.153 e. The van der Waals surface area contributed by atoms with Gasteiger partial charge in [-0.25, -0.2) is 0 Å². The summed E-state index contributed by atoms with van der Waals surface area (Å²) in [5.74, 6) is 0.688. The van der Waals surface area contributed by atoms with Gasteiger partial charge in [-0.1, -0.05) is 90.7 Å². The highest BCUT2D eigenvalue weighted by molar-refractivity contribution is 14.1. The Balaban J connectivity index is 2.77. The Bertz CT molecular complexity index is 528. The molecular weight excluding hydrogens is 469 g/mol. The monoisotopic (exact) mass is 513 g/mol. The van der Waals surface area contributed by atoms with Crippen LogP contribution in [0.15, 0.2) is 24.3 Å². The standard InChI is InChI=1S/C26H44INO/c1-4-7-10-12-15-23(14-9-6-3)26(29)25(28-20-13-11-8-5-2)21-22-16-18-24(27)19-17-22/h16-19,23,25,28H,4-15,20-21H2,1-3H3. The molecule has 1 aromatic rings. The van der Waals surface area contributed by atoms with E-state index in [0.717, 1.165) is 32.2 Å². The summed E-state index contributed by atoms with van der Waals surface area (Å²) >= 11 is 2.34. The quantitative estimate of drug-likeness (QED) is 0.161. The van der Waals surface area contributed by atoms with Crippen molar-refractivity contribution < 1.29 is 4.79 Å². The second-order valence-electron chi connectivity index (χ2n) is 8.49. The molecule has 0 aliphatic carbocycles. The number of Topliss-reactive ketones (excluding diaryl/α,β-unsaturated/α-hetero) is 1. The minimum atomic E-state index is -0.0373. The molecule has 29 heavy (non-hydrogen) atoms. The summed E-state index contributed by atoms with van der Waals surface area (Å²) in [5.41, 5.74) is 1.27. The van der Waals surface area contributed by atoms with Crippen LogP contribution < -0.4 is 5.32 Å². The second-order valence-corrected chi connectivity index (χ2v) is 9.73. The molecule has 2 unspecified atom stereocenters. The lowest BCUT2D eigenvalue weighted by molar-refractivity contribution is -0.125. The Labute approximate surface area is 194 Å². The largest absolute Gasteiger partial charge is 0.307 e. The van der Waals surface area contributed by atoms with Crippen molar-refractivity contribution in [2.45, 2.75) is 110 Å². The van der Waals surface area contributed by atoms with Crippen LogP contribution in [0.5, 0.6) is 0 Å². The molecule has 0 saturated carbocycles. The number of nitrogens with one attached hydrogen (secondary N) is 1. The molecule has 0 radical (unpaired) electrons. The maximum Gasteiger partial charge on any atom is 0.153 e. The highest BCUT2D eigenvalue weighted by Crippen LogP contribution is 2.21. The molecule has 1 N–H and O–H groups in total. The van der Waals surface area contributed by atoms with Gasteiger partial charge in [-0.3, -0.25) is 4.79 Å². The molecule has 2 atom stereocenters. The fourth-order valence-corrected chi connectivity index (χ4v) is 4.30. The van der Waals surface area contributed by atoms with E-state index in [1.165, 1.54) is 66.9 Å². The van der Waals surface area contributed by atoms with Gasteiger partial charge >= 0.3 is 0 Å². The second kappa shape index (κ2) is 17.3. The first-order chi connectivity index (χ1) is 14.1. The van der Waals surface area contributed by atoms with Crippen molar-refractivity contribution in [2.24, 2.45) is 5.92 Å². The molecule has 1 aromatic carbocycles. The number of benzene rings is 1. The zero-order valence-electron chi connectivity index (χ0n) is 19.1. The molecule has 0 amide bonds. The molecule has 3 heteroatoms. The van der Waals surface area contributed by atoms with Gasteiger partial charge in [-0.2, -0.15) is 0 Å². The summed E-state index contributed by atoms with van der Waals surface area (Å²) in [6.07, 6.45) is 15.2. The van der Waals surface area contributed by atoms with Crippen molar-refractivity contribution >= 4 is 28.4 Å². The summed E-state index contributed by atoms with van der Waals surface area (Å²) in [6.45, 7) is 7.68. The van der Waals surface area contributed by atoms with Gasteiger partial charge in [-0.15, -0.1) is 0 Å². The molecule has 0 saturated heterocycles. The predicted molar refractivity (Wildman–Crippen MR) is 136 cm³/mol. The van der Waals surface area contributed by atoms with E-state index in [9.17, 15) is 4.79 Å². The Morgan fingerprint density at radius 3 is 2.03 bits per heavy atom. The summed E-state index contributed by atoms with van der Waals surface area (Å²) in [4.78, 5) is 13.5. The molecule has 0 aliphatic rings. The number of rotatable bonds is 18. The summed E-state index contributed by atoms with van der Waals surface area (Å²) in [6, 6.07) is 8.63. The topological polar surface area (TPSA) is 29.1 Å². The molecule has 2 nitrogen and oxygen atoms in total. The lowest BCUT2D eigenvalue weighted by atomic mass is 9.86. The van der Waals surface area contributed by atoms with E-state index in [-0.39, 0.29) is 12.0 Å². The van der Waals surface area contributed by atoms with Crippen LogP contribution >= 0.6 is 22.6 Å². The Morgan fingerprint density at radius 2 is 1.41 bits per heavy atom. The first-order valence-corrected chi connectivity index (χ1v) is 13.2. The molecule has 1 rings (SSSR count). The van der Waals surface area contributed by atoms with E-state index < -0.39 is 0 Å². The van der Waals surface area contributed by atoms with Crippen LogP contribution in [-0.4, -0.2) is 18.4 Å². The number of carbonyl (C=O) groups is 1. The van der Waals surface area contributed by atoms with Gasteiger partial charge in [-0.05, 0) is 72.5 Å². The van der Waals surface area contributed by atoms with Crippen LogP contribution in [0.25, 0.3) is 0 Å². The van der Waals surface area contributed by atoms with Gasteiger partial charge in [0.1, 0.15) is 0 Å². The number of hydrogen-bond donors (Lipinski definition) is 1. The molecule has 0 heterocycles. The number of halogens is 1. The number of ketones is 1. The van der Waals surface area contributed by atoms with Crippen LogP contribution in [0.3, 0.4) is 0 Å². The molecule has 0 aromatic heterocycles. The van der Waals surface area contributed by atoms with Crippen molar-refractivity contribution in [3.63, 3.8) is 0 Å². The first-order valence-electron chi connectivity index (χ1n) is 12.1. The normalized spacial score (nSPS) is 13.4. The molecule has 166 valence electrons. The first kappa shape index (κ1) is 26.6. The third kappa shape index (κ3) is 12.1. The molecule has 0 fully saturated rings. The third-order valence-electron chi connectivity index (χ3n) is 5.83. The van der Waals surface area contributed by atoms with Crippen LogP contribution in [0.1, 0.15) is 103 Å². The molecular formula is C26H44INO. The molecule has 0 bridgehead atoms. The number of carbonyl (C=O) groups excluding carboxylic acids is 1. The minimum Gasteiger partial charge on any atom is -0.307 e. The Kier molecular flexibility index (Phi) is 15.9. The van der Waals surface area contributed by atoms with Crippen molar-refractivity contribution in [2.75, 3.05) is 6.54 Å². The molecule has 0 spiro atoms. The fourth-order valence-electron chi connectivity index (χ4n) is 3.94. The van der Waals surface area contributed by atoms with Gasteiger partial charge in [0.15, 0.2) is 5.78 Å². The SMILES string of the molecule is CCCCCCNC(Cc1ccc(I)cc1)C(=O)C(CCCC)CCCCCC. The Morgan fingerprint density at radius 1 is 0.828 bits per heavy atom. The van der Waals surface area contributed by atoms with Gasteiger partial charge in [0.25, 0.3) is 0 Å². The average Bonchev–Trinajstić information content (AvgIpc) is 2.73. The van der Waals surface area contributed by atoms with Crippen LogP contribution in [0.4, 0.5) is 0 Å². The van der Waals surface area contributed by atoms with E-state index in [2.05, 4.69) is 72.9 Å². The van der Waals surface area contributed by atoms with Gasteiger partial charge in [0.05, 0.1) is 6.04 Å². The molecule has 0 aliphatic heterocycles. The van der Waals surface area contributed by atoms with Crippen LogP contribution in [0.2, 0.25) is 0 Å². The third-order valence-corrected chi connectivity index (χ3v) is 6.55. The van der Waals surface area contributed by atoms with E-state index in [0.29, 0.717) is 5.78 Å². The van der Waals surface area contributed by atoms with E-state index in [1.54, 1.807) is 0 Å².